The van der Waals surface area contributed by atoms with Crippen molar-refractivity contribution in [3.05, 3.63) is 69.5 Å². The summed E-state index contributed by atoms with van der Waals surface area (Å²) < 4.78 is 10.6. The van der Waals surface area contributed by atoms with Crippen LogP contribution in [-0.4, -0.2) is 12.5 Å². The summed E-state index contributed by atoms with van der Waals surface area (Å²) in [6.07, 6.45) is 0. The van der Waals surface area contributed by atoms with E-state index < -0.39 is 5.63 Å². The van der Waals surface area contributed by atoms with Crippen LogP contribution in [0.2, 0.25) is 5.02 Å². The fraction of sp³-hybridized carbons (Fsp3) is 0.111. The smallest absolute Gasteiger partial charge is 0.336 e. The van der Waals surface area contributed by atoms with E-state index in [9.17, 15) is 9.59 Å². The zero-order valence-electron chi connectivity index (χ0n) is 12.8. The average molecular weight is 344 g/mol. The lowest BCUT2D eigenvalue weighted by atomic mass is 10.1. The number of hydrogen-bond acceptors (Lipinski definition) is 4. The number of nitrogens with one attached hydrogen (secondary N) is 1. The second kappa shape index (κ2) is 6.76. The molecular formula is C18H14ClNO4. The molecule has 0 atom stereocenters. The maximum atomic E-state index is 11.9. The topological polar surface area (TPSA) is 68.5 Å². The summed E-state index contributed by atoms with van der Waals surface area (Å²) in [5, 5.41) is 3.77. The van der Waals surface area contributed by atoms with Crippen LogP contribution in [0.15, 0.2) is 57.7 Å². The minimum Gasteiger partial charge on any atom is -0.482 e. The molecule has 0 radical (unpaired) electrons. The molecular weight excluding hydrogens is 330 g/mol. The molecule has 0 fully saturated rings. The Morgan fingerprint density at radius 3 is 2.71 bits per heavy atom. The predicted molar refractivity (Wildman–Crippen MR) is 92.8 cm³/mol. The molecule has 1 amide bonds. The zero-order valence-corrected chi connectivity index (χ0v) is 13.6. The van der Waals surface area contributed by atoms with Gasteiger partial charge >= 0.3 is 5.63 Å². The van der Waals surface area contributed by atoms with Crippen molar-refractivity contribution in [2.75, 3.05) is 11.9 Å². The lowest BCUT2D eigenvalue weighted by Gasteiger charge is -2.10. The standard InChI is InChI=1S/C18H14ClNO4/c1-11-7-18(22)24-15-9-16(14(19)8-13(11)15)23-10-17(21)20-12-5-3-2-4-6-12/h2-9H,10H2,1H3,(H,20,21). The Morgan fingerprint density at radius 1 is 1.21 bits per heavy atom. The molecule has 24 heavy (non-hydrogen) atoms. The fourth-order valence-electron chi connectivity index (χ4n) is 2.29. The normalized spacial score (nSPS) is 10.6. The summed E-state index contributed by atoms with van der Waals surface area (Å²) in [5.74, 6) is -0.0378. The largest absolute Gasteiger partial charge is 0.482 e. The van der Waals surface area contributed by atoms with Gasteiger partial charge in [-0.05, 0) is 30.7 Å². The summed E-state index contributed by atoms with van der Waals surface area (Å²) in [6.45, 7) is 1.58. The van der Waals surface area contributed by atoms with Crippen LogP contribution < -0.4 is 15.7 Å². The third kappa shape index (κ3) is 3.58. The van der Waals surface area contributed by atoms with Crippen molar-refractivity contribution in [3.8, 4) is 5.75 Å². The summed E-state index contributed by atoms with van der Waals surface area (Å²) in [5.41, 5.74) is 1.35. The molecule has 0 spiro atoms. The van der Waals surface area contributed by atoms with Crippen molar-refractivity contribution in [1.29, 1.82) is 0 Å². The Kier molecular flexibility index (Phi) is 4.53. The first-order chi connectivity index (χ1) is 11.5. The molecule has 6 heteroatoms. The molecule has 1 aromatic heterocycles. The summed E-state index contributed by atoms with van der Waals surface area (Å²) >= 11 is 6.18. The lowest BCUT2D eigenvalue weighted by Crippen LogP contribution is -2.20. The number of carbonyl (C=O) groups excluding carboxylic acids is 1. The molecule has 0 unspecified atom stereocenters. The van der Waals surface area contributed by atoms with Crippen LogP contribution in [0.4, 0.5) is 5.69 Å². The second-order valence-electron chi connectivity index (χ2n) is 5.23. The van der Waals surface area contributed by atoms with E-state index >= 15 is 0 Å². The van der Waals surface area contributed by atoms with Gasteiger partial charge in [0.15, 0.2) is 6.61 Å². The van der Waals surface area contributed by atoms with Crippen LogP contribution in [0.1, 0.15) is 5.56 Å². The van der Waals surface area contributed by atoms with E-state index in [4.69, 9.17) is 20.8 Å². The number of anilines is 1. The first kappa shape index (κ1) is 16.1. The quantitative estimate of drug-likeness (QED) is 0.732. The van der Waals surface area contributed by atoms with Crippen molar-refractivity contribution in [2.24, 2.45) is 0 Å². The van der Waals surface area contributed by atoms with Gasteiger partial charge in [0, 0.05) is 23.2 Å². The maximum Gasteiger partial charge on any atom is 0.336 e. The number of hydrogen-bond donors (Lipinski definition) is 1. The number of ether oxygens (including phenoxy) is 1. The molecule has 0 bridgehead atoms. The van der Waals surface area contributed by atoms with E-state index in [0.29, 0.717) is 16.3 Å². The van der Waals surface area contributed by atoms with E-state index in [0.717, 1.165) is 10.9 Å². The number of carbonyl (C=O) groups is 1. The third-order valence-corrected chi connectivity index (χ3v) is 3.72. The van der Waals surface area contributed by atoms with Crippen molar-refractivity contribution in [3.63, 3.8) is 0 Å². The van der Waals surface area contributed by atoms with Crippen LogP contribution in [0.25, 0.3) is 11.0 Å². The van der Waals surface area contributed by atoms with E-state index in [1.165, 1.54) is 12.1 Å². The molecule has 122 valence electrons. The molecule has 1 heterocycles. The number of halogens is 1. The van der Waals surface area contributed by atoms with Crippen LogP contribution in [0.3, 0.4) is 0 Å². The van der Waals surface area contributed by atoms with Gasteiger partial charge in [-0.3, -0.25) is 4.79 Å². The minimum absolute atomic E-state index is 0.212. The maximum absolute atomic E-state index is 11.9. The highest BCUT2D eigenvalue weighted by Gasteiger charge is 2.11. The summed E-state index contributed by atoms with van der Waals surface area (Å²) in [4.78, 5) is 23.4. The lowest BCUT2D eigenvalue weighted by molar-refractivity contribution is -0.118. The van der Waals surface area contributed by atoms with Crippen molar-refractivity contribution >= 4 is 34.2 Å². The Morgan fingerprint density at radius 2 is 1.96 bits per heavy atom. The van der Waals surface area contributed by atoms with Gasteiger partial charge < -0.3 is 14.5 Å². The van der Waals surface area contributed by atoms with Gasteiger partial charge in [0.25, 0.3) is 5.91 Å². The first-order valence-electron chi connectivity index (χ1n) is 7.24. The van der Waals surface area contributed by atoms with Crippen LogP contribution in [-0.2, 0) is 4.79 Å². The van der Waals surface area contributed by atoms with Gasteiger partial charge in [0.05, 0.1) is 5.02 Å². The highest BCUT2D eigenvalue weighted by molar-refractivity contribution is 6.32. The van der Waals surface area contributed by atoms with Crippen molar-refractivity contribution in [2.45, 2.75) is 6.92 Å². The summed E-state index contributed by atoms with van der Waals surface area (Å²) in [6, 6.07) is 13.6. The second-order valence-corrected chi connectivity index (χ2v) is 5.64. The van der Waals surface area contributed by atoms with Crippen molar-refractivity contribution in [1.82, 2.24) is 0 Å². The number of benzene rings is 2. The number of aryl methyl sites for hydroxylation is 1. The molecule has 0 aliphatic heterocycles. The monoisotopic (exact) mass is 343 g/mol. The predicted octanol–water partition coefficient (Wildman–Crippen LogP) is 3.77. The first-order valence-corrected chi connectivity index (χ1v) is 7.62. The Balaban J connectivity index is 1.76. The fourth-order valence-corrected chi connectivity index (χ4v) is 2.51. The number of amides is 1. The van der Waals surface area contributed by atoms with Crippen LogP contribution in [0.5, 0.6) is 5.75 Å². The van der Waals surface area contributed by atoms with Gasteiger partial charge in [-0.1, -0.05) is 29.8 Å². The Labute approximate surface area is 142 Å². The number of fused-ring (bicyclic) bond motifs is 1. The molecule has 0 aliphatic rings. The van der Waals surface area contributed by atoms with Gasteiger partial charge in [0.1, 0.15) is 11.3 Å². The van der Waals surface area contributed by atoms with Crippen LogP contribution in [0, 0.1) is 6.92 Å². The van der Waals surface area contributed by atoms with Gasteiger partial charge in [-0.15, -0.1) is 0 Å². The highest BCUT2D eigenvalue weighted by Crippen LogP contribution is 2.30. The van der Waals surface area contributed by atoms with E-state index in [1.807, 2.05) is 18.2 Å². The number of rotatable bonds is 4. The van der Waals surface area contributed by atoms with E-state index in [2.05, 4.69) is 5.32 Å². The highest BCUT2D eigenvalue weighted by atomic mass is 35.5. The molecule has 2 aromatic carbocycles. The van der Waals surface area contributed by atoms with E-state index in [-0.39, 0.29) is 18.3 Å². The van der Waals surface area contributed by atoms with Gasteiger partial charge in [-0.2, -0.15) is 0 Å². The molecule has 3 rings (SSSR count). The third-order valence-electron chi connectivity index (χ3n) is 3.42. The van der Waals surface area contributed by atoms with Crippen molar-refractivity contribution < 1.29 is 13.9 Å². The van der Waals surface area contributed by atoms with Gasteiger partial charge in [0.2, 0.25) is 0 Å². The molecule has 0 saturated heterocycles. The molecule has 1 N–H and O–H groups in total. The average Bonchev–Trinajstić information content (AvgIpc) is 2.55. The van der Waals surface area contributed by atoms with Gasteiger partial charge in [-0.25, -0.2) is 4.79 Å². The molecule has 5 nitrogen and oxygen atoms in total. The molecule has 3 aromatic rings. The van der Waals surface area contributed by atoms with E-state index in [1.54, 1.807) is 25.1 Å². The summed E-state index contributed by atoms with van der Waals surface area (Å²) in [7, 11) is 0. The molecule has 0 aliphatic carbocycles. The SMILES string of the molecule is Cc1cc(=O)oc2cc(OCC(=O)Nc3ccccc3)c(Cl)cc12. The molecule has 0 saturated carbocycles. The zero-order chi connectivity index (χ0) is 17.1. The minimum atomic E-state index is -0.449. The Hall–Kier alpha value is -2.79. The number of para-hydroxylation sites is 1. The van der Waals surface area contributed by atoms with Crippen LogP contribution >= 0.6 is 11.6 Å². The Bertz CT molecular complexity index is 950.